The number of ketones is 1. The minimum Gasteiger partial charge on any atom is -0.437 e. The number of ether oxygens (including phenoxy) is 1. The van der Waals surface area contributed by atoms with E-state index in [2.05, 4.69) is 11.1 Å². The van der Waals surface area contributed by atoms with Crippen molar-refractivity contribution in [1.82, 2.24) is 4.98 Å². The molecule has 0 fully saturated rings. The summed E-state index contributed by atoms with van der Waals surface area (Å²) in [5.41, 5.74) is 3.18. The van der Waals surface area contributed by atoms with Crippen molar-refractivity contribution in [3.63, 3.8) is 0 Å². The maximum Gasteiger partial charge on any atom is 0.219 e. The second-order valence-electron chi connectivity index (χ2n) is 7.08. The third kappa shape index (κ3) is 5.56. The average molecular weight is 417 g/mol. The summed E-state index contributed by atoms with van der Waals surface area (Å²) in [5.74, 6) is 1.27. The first-order valence-electron chi connectivity index (χ1n) is 9.57. The smallest absolute Gasteiger partial charge is 0.219 e. The highest BCUT2D eigenvalue weighted by molar-refractivity contribution is 6.32. The van der Waals surface area contributed by atoms with Crippen molar-refractivity contribution < 1.29 is 9.53 Å². The Hall–Kier alpha value is -3.42. The lowest BCUT2D eigenvalue weighted by atomic mass is 10.0. The SMILES string of the molecule is CC(=O)C[C@@H](C)/C=C/c1ccc(Oc2ccc(-c3ccccc3C#N)cc2Cl)nc1. The number of carbonyl (C=O) groups is 1. The zero-order valence-corrected chi connectivity index (χ0v) is 17.6. The van der Waals surface area contributed by atoms with Gasteiger partial charge in [0.1, 0.15) is 11.5 Å². The molecule has 1 heterocycles. The molecule has 3 aromatic rings. The molecule has 5 heteroatoms. The molecule has 0 saturated heterocycles. The van der Waals surface area contributed by atoms with Crippen molar-refractivity contribution in [3.05, 3.63) is 83.0 Å². The van der Waals surface area contributed by atoms with E-state index in [0.717, 1.165) is 16.7 Å². The molecule has 0 radical (unpaired) electrons. The first kappa shape index (κ1) is 21.3. The molecule has 0 aliphatic carbocycles. The van der Waals surface area contributed by atoms with Gasteiger partial charge in [0.05, 0.1) is 16.7 Å². The summed E-state index contributed by atoms with van der Waals surface area (Å²) in [6.07, 6.45) is 6.17. The molecule has 2 aromatic carbocycles. The summed E-state index contributed by atoms with van der Waals surface area (Å²) in [7, 11) is 0. The Bertz CT molecular complexity index is 1110. The molecule has 0 aliphatic heterocycles. The number of rotatable bonds is 7. The van der Waals surface area contributed by atoms with Crippen molar-refractivity contribution in [2.24, 2.45) is 5.92 Å². The van der Waals surface area contributed by atoms with Crippen LogP contribution in [0.1, 0.15) is 31.4 Å². The monoisotopic (exact) mass is 416 g/mol. The Kier molecular flexibility index (Phi) is 7.00. The van der Waals surface area contributed by atoms with Gasteiger partial charge >= 0.3 is 0 Å². The topological polar surface area (TPSA) is 63.0 Å². The first-order chi connectivity index (χ1) is 14.5. The summed E-state index contributed by atoms with van der Waals surface area (Å²) in [5, 5.41) is 9.73. The van der Waals surface area contributed by atoms with Gasteiger partial charge < -0.3 is 9.53 Å². The Morgan fingerprint density at radius 3 is 2.70 bits per heavy atom. The van der Waals surface area contributed by atoms with Crippen LogP contribution >= 0.6 is 11.6 Å². The number of benzene rings is 2. The van der Waals surface area contributed by atoms with E-state index in [1.807, 2.05) is 49.4 Å². The van der Waals surface area contributed by atoms with Gasteiger partial charge in [0, 0.05) is 18.7 Å². The third-order valence-corrected chi connectivity index (χ3v) is 4.79. The van der Waals surface area contributed by atoms with Gasteiger partial charge in [-0.15, -0.1) is 0 Å². The predicted octanol–water partition coefficient (Wildman–Crippen LogP) is 6.69. The number of nitrogens with zero attached hydrogens (tertiary/aromatic N) is 2. The normalized spacial score (nSPS) is 11.8. The highest BCUT2D eigenvalue weighted by atomic mass is 35.5. The van der Waals surface area contributed by atoms with Crippen LogP contribution in [0.2, 0.25) is 5.02 Å². The van der Waals surface area contributed by atoms with Crippen LogP contribution in [0.15, 0.2) is 66.9 Å². The number of allylic oxidation sites excluding steroid dienone is 1. The van der Waals surface area contributed by atoms with Crippen molar-refractivity contribution in [2.45, 2.75) is 20.3 Å². The Labute approximate surface area is 181 Å². The highest BCUT2D eigenvalue weighted by Crippen LogP contribution is 2.34. The maximum absolute atomic E-state index is 11.2. The van der Waals surface area contributed by atoms with Crippen molar-refractivity contribution in [1.29, 1.82) is 5.26 Å². The average Bonchev–Trinajstić information content (AvgIpc) is 2.74. The van der Waals surface area contributed by atoms with Crippen LogP contribution in [0.4, 0.5) is 0 Å². The Morgan fingerprint density at radius 2 is 2.03 bits per heavy atom. The number of Topliss-reactive ketones (excluding diaryl/α,β-unsaturated/α-hetero) is 1. The fourth-order valence-corrected chi connectivity index (χ4v) is 3.26. The summed E-state index contributed by atoms with van der Waals surface area (Å²) in [4.78, 5) is 15.5. The van der Waals surface area contributed by atoms with Gasteiger partial charge in [0.25, 0.3) is 0 Å². The lowest BCUT2D eigenvalue weighted by Crippen LogP contribution is -1.97. The van der Waals surface area contributed by atoms with Crippen LogP contribution in [0.3, 0.4) is 0 Å². The van der Waals surface area contributed by atoms with Crippen LogP contribution in [-0.4, -0.2) is 10.8 Å². The molecular weight excluding hydrogens is 396 g/mol. The molecule has 0 amide bonds. The predicted molar refractivity (Wildman–Crippen MR) is 119 cm³/mol. The van der Waals surface area contributed by atoms with E-state index in [9.17, 15) is 10.1 Å². The molecule has 1 aromatic heterocycles. The molecule has 4 nitrogen and oxygen atoms in total. The van der Waals surface area contributed by atoms with Crippen LogP contribution < -0.4 is 4.74 Å². The standard InChI is InChI=1S/C25H21ClN2O2/c1-17(13-18(2)29)7-8-19-9-12-25(28-16-19)30-24-11-10-20(14-23(24)26)22-6-4-3-5-21(22)15-27/h3-12,14,16-17H,13H2,1-2H3/b8-7+/t17-/m0/s1. The Morgan fingerprint density at radius 1 is 1.23 bits per heavy atom. The summed E-state index contributed by atoms with van der Waals surface area (Å²) in [6.45, 7) is 3.60. The van der Waals surface area contributed by atoms with Crippen LogP contribution in [0.5, 0.6) is 11.6 Å². The quantitative estimate of drug-likeness (QED) is 0.430. The second kappa shape index (κ2) is 9.87. The van der Waals surface area contributed by atoms with Gasteiger partial charge in [-0.1, -0.05) is 54.9 Å². The van der Waals surface area contributed by atoms with E-state index in [1.54, 1.807) is 37.4 Å². The highest BCUT2D eigenvalue weighted by Gasteiger charge is 2.09. The number of aromatic nitrogens is 1. The van der Waals surface area contributed by atoms with Gasteiger partial charge in [0.15, 0.2) is 0 Å². The van der Waals surface area contributed by atoms with E-state index in [4.69, 9.17) is 16.3 Å². The van der Waals surface area contributed by atoms with Crippen LogP contribution in [-0.2, 0) is 4.79 Å². The van der Waals surface area contributed by atoms with E-state index in [1.165, 1.54) is 0 Å². The lowest BCUT2D eigenvalue weighted by molar-refractivity contribution is -0.117. The van der Waals surface area contributed by atoms with E-state index in [0.29, 0.717) is 28.6 Å². The first-order valence-corrected chi connectivity index (χ1v) is 9.94. The molecular formula is C25H21ClN2O2. The summed E-state index contributed by atoms with van der Waals surface area (Å²) < 4.78 is 5.81. The molecule has 0 N–H and O–H groups in total. The number of nitriles is 1. The minimum atomic E-state index is 0.174. The fourth-order valence-electron chi connectivity index (χ4n) is 3.04. The van der Waals surface area contributed by atoms with Crippen LogP contribution in [0.25, 0.3) is 17.2 Å². The van der Waals surface area contributed by atoms with Crippen molar-refractivity contribution in [2.75, 3.05) is 0 Å². The summed E-state index contributed by atoms with van der Waals surface area (Å²) in [6, 6.07) is 18.6. The number of halogens is 1. The molecule has 0 unspecified atom stereocenters. The van der Waals surface area contributed by atoms with Gasteiger partial charge in [-0.2, -0.15) is 5.26 Å². The molecule has 0 bridgehead atoms. The molecule has 0 aliphatic rings. The largest absolute Gasteiger partial charge is 0.437 e. The Balaban J connectivity index is 1.72. The van der Waals surface area contributed by atoms with E-state index >= 15 is 0 Å². The minimum absolute atomic E-state index is 0.174. The number of pyridine rings is 1. The van der Waals surface area contributed by atoms with Gasteiger partial charge in [-0.25, -0.2) is 4.98 Å². The number of carbonyl (C=O) groups excluding carboxylic acids is 1. The second-order valence-corrected chi connectivity index (χ2v) is 7.48. The van der Waals surface area contributed by atoms with E-state index < -0.39 is 0 Å². The lowest BCUT2D eigenvalue weighted by Gasteiger charge is -2.10. The maximum atomic E-state index is 11.2. The van der Waals surface area contributed by atoms with Crippen molar-refractivity contribution >= 4 is 23.5 Å². The molecule has 1 atom stereocenters. The number of hydrogen-bond acceptors (Lipinski definition) is 4. The third-order valence-electron chi connectivity index (χ3n) is 4.49. The van der Waals surface area contributed by atoms with Gasteiger partial charge in [-0.3, -0.25) is 0 Å². The molecule has 0 spiro atoms. The molecule has 0 saturated carbocycles. The zero-order chi connectivity index (χ0) is 21.5. The fraction of sp³-hybridized carbons (Fsp3) is 0.160. The number of hydrogen-bond donors (Lipinski definition) is 0. The molecule has 3 rings (SSSR count). The van der Waals surface area contributed by atoms with Gasteiger partial charge in [-0.05, 0) is 53.8 Å². The molecule has 30 heavy (non-hydrogen) atoms. The van der Waals surface area contributed by atoms with Crippen molar-refractivity contribution in [3.8, 4) is 28.8 Å². The zero-order valence-electron chi connectivity index (χ0n) is 16.8. The van der Waals surface area contributed by atoms with Gasteiger partial charge in [0.2, 0.25) is 5.88 Å². The summed E-state index contributed by atoms with van der Waals surface area (Å²) >= 11 is 6.41. The van der Waals surface area contributed by atoms with E-state index in [-0.39, 0.29) is 11.7 Å². The van der Waals surface area contributed by atoms with Crippen LogP contribution in [0, 0.1) is 17.2 Å². The molecule has 150 valence electrons.